The fourth-order valence-electron chi connectivity index (χ4n) is 2.73. The molecule has 3 aromatic rings. The van der Waals surface area contributed by atoms with Crippen molar-refractivity contribution in [3.05, 3.63) is 71.1 Å². The third-order valence-corrected chi connectivity index (χ3v) is 5.04. The molecule has 2 N–H and O–H groups in total. The molecule has 5 nitrogen and oxygen atoms in total. The second-order valence-corrected chi connectivity index (χ2v) is 6.80. The van der Waals surface area contributed by atoms with Crippen LogP contribution in [0.1, 0.15) is 22.3 Å². The van der Waals surface area contributed by atoms with Crippen LogP contribution in [0.4, 0.5) is 5.00 Å². The number of carboxylic acids is 1. The van der Waals surface area contributed by atoms with E-state index in [2.05, 4.69) is 5.32 Å². The van der Waals surface area contributed by atoms with Gasteiger partial charge < -0.3 is 15.2 Å². The van der Waals surface area contributed by atoms with Gasteiger partial charge in [-0.1, -0.05) is 42.5 Å². The number of hydrogen-bond donors (Lipinski definition) is 2. The lowest BCUT2D eigenvalue weighted by Crippen LogP contribution is -2.14. The number of ether oxygens (including phenoxy) is 1. The zero-order valence-electron chi connectivity index (χ0n) is 14.8. The molecule has 0 radical (unpaired) electrons. The summed E-state index contributed by atoms with van der Waals surface area (Å²) in [6.45, 7) is 0. The Labute approximate surface area is 161 Å². The van der Waals surface area contributed by atoms with E-state index in [-0.39, 0.29) is 17.9 Å². The van der Waals surface area contributed by atoms with Crippen molar-refractivity contribution < 1.29 is 19.4 Å². The number of nitrogens with one attached hydrogen (secondary N) is 1. The highest BCUT2D eigenvalue weighted by Crippen LogP contribution is 2.35. The lowest BCUT2D eigenvalue weighted by atomic mass is 10.0. The molecule has 1 heterocycles. The van der Waals surface area contributed by atoms with Gasteiger partial charge in [-0.3, -0.25) is 4.79 Å². The summed E-state index contributed by atoms with van der Waals surface area (Å²) >= 11 is 1.22. The van der Waals surface area contributed by atoms with Crippen molar-refractivity contribution in [2.75, 3.05) is 12.4 Å². The fraction of sp³-hybridized carbons (Fsp3) is 0.143. The molecule has 0 saturated carbocycles. The van der Waals surface area contributed by atoms with Crippen LogP contribution in [0.3, 0.4) is 0 Å². The van der Waals surface area contributed by atoms with Gasteiger partial charge in [-0.05, 0) is 29.7 Å². The minimum atomic E-state index is -1.06. The molecule has 138 valence electrons. The summed E-state index contributed by atoms with van der Waals surface area (Å²) in [5.41, 5.74) is 2.56. The van der Waals surface area contributed by atoms with Crippen LogP contribution in [-0.4, -0.2) is 24.1 Å². The number of anilines is 1. The van der Waals surface area contributed by atoms with Gasteiger partial charge in [0.2, 0.25) is 5.91 Å². The van der Waals surface area contributed by atoms with Crippen molar-refractivity contribution in [3.8, 4) is 16.9 Å². The van der Waals surface area contributed by atoms with E-state index >= 15 is 0 Å². The first-order valence-electron chi connectivity index (χ1n) is 8.41. The van der Waals surface area contributed by atoms with Crippen LogP contribution < -0.4 is 10.1 Å². The van der Waals surface area contributed by atoms with E-state index in [1.165, 1.54) is 11.3 Å². The molecule has 2 aromatic carbocycles. The number of amides is 1. The Morgan fingerprint density at radius 1 is 1.07 bits per heavy atom. The standard InChI is InChI=1S/C21H19NO4S/c1-26-16-10-7-14(8-11-16)9-12-18(23)22-20-19(21(24)25)17(13-27-20)15-5-3-2-4-6-15/h2-8,10-11,13H,9,12H2,1H3,(H,22,23)(H,24,25). The number of methoxy groups -OCH3 is 1. The summed E-state index contributed by atoms with van der Waals surface area (Å²) in [5.74, 6) is -0.503. The molecule has 0 spiro atoms. The molecule has 3 rings (SSSR count). The Morgan fingerprint density at radius 2 is 1.78 bits per heavy atom. The molecule has 0 unspecified atom stereocenters. The molecule has 1 aromatic heterocycles. The van der Waals surface area contributed by atoms with Crippen molar-refractivity contribution in [2.24, 2.45) is 0 Å². The Kier molecular flexibility index (Phi) is 5.88. The predicted molar refractivity (Wildman–Crippen MR) is 107 cm³/mol. The van der Waals surface area contributed by atoms with Crippen molar-refractivity contribution in [3.63, 3.8) is 0 Å². The number of carbonyl (C=O) groups excluding carboxylic acids is 1. The number of benzene rings is 2. The van der Waals surface area contributed by atoms with Gasteiger partial charge in [0.25, 0.3) is 0 Å². The Bertz CT molecular complexity index is 933. The summed E-state index contributed by atoms with van der Waals surface area (Å²) in [4.78, 5) is 24.0. The van der Waals surface area contributed by atoms with Gasteiger partial charge in [-0.2, -0.15) is 0 Å². The van der Waals surface area contributed by atoms with Crippen LogP contribution in [0.25, 0.3) is 11.1 Å². The highest BCUT2D eigenvalue weighted by molar-refractivity contribution is 7.15. The maximum Gasteiger partial charge on any atom is 0.339 e. The van der Waals surface area contributed by atoms with Crippen molar-refractivity contribution >= 4 is 28.2 Å². The molecule has 6 heteroatoms. The monoisotopic (exact) mass is 381 g/mol. The van der Waals surface area contributed by atoms with E-state index in [1.807, 2.05) is 54.6 Å². The molecular weight excluding hydrogens is 362 g/mol. The quantitative estimate of drug-likeness (QED) is 0.622. The molecule has 0 aliphatic rings. The SMILES string of the molecule is COc1ccc(CCC(=O)Nc2scc(-c3ccccc3)c2C(=O)O)cc1. The second-order valence-electron chi connectivity index (χ2n) is 5.92. The van der Waals surface area contributed by atoms with Crippen molar-refractivity contribution in [1.82, 2.24) is 0 Å². The van der Waals surface area contributed by atoms with Gasteiger partial charge in [-0.25, -0.2) is 4.79 Å². The summed E-state index contributed by atoms with van der Waals surface area (Å²) < 4.78 is 5.11. The van der Waals surface area contributed by atoms with Crippen molar-refractivity contribution in [1.29, 1.82) is 0 Å². The Balaban J connectivity index is 1.70. The summed E-state index contributed by atoms with van der Waals surface area (Å²) in [7, 11) is 1.60. The number of carboxylic acid groups (broad SMARTS) is 1. The third-order valence-electron chi connectivity index (χ3n) is 4.14. The van der Waals surface area contributed by atoms with Crippen LogP contribution in [-0.2, 0) is 11.2 Å². The molecule has 0 aliphatic heterocycles. The largest absolute Gasteiger partial charge is 0.497 e. The number of thiophene rings is 1. The Hall–Kier alpha value is -3.12. The van der Waals surface area contributed by atoms with Gasteiger partial charge in [0.05, 0.1) is 7.11 Å². The Morgan fingerprint density at radius 3 is 2.41 bits per heavy atom. The highest BCUT2D eigenvalue weighted by Gasteiger charge is 2.20. The van der Waals surface area contributed by atoms with Crippen LogP contribution in [0.5, 0.6) is 5.75 Å². The van der Waals surface area contributed by atoms with Gasteiger partial charge in [0, 0.05) is 17.4 Å². The molecule has 0 aliphatic carbocycles. The maximum absolute atomic E-state index is 12.3. The lowest BCUT2D eigenvalue weighted by Gasteiger charge is -2.07. The number of aromatic carboxylic acids is 1. The van der Waals surface area contributed by atoms with Crippen LogP contribution in [0.15, 0.2) is 60.0 Å². The molecule has 1 amide bonds. The molecular formula is C21H19NO4S. The van der Waals surface area contributed by atoms with E-state index in [4.69, 9.17) is 4.74 Å². The molecule has 0 fully saturated rings. The first-order chi connectivity index (χ1) is 13.1. The van der Waals surface area contributed by atoms with Crippen LogP contribution >= 0.6 is 11.3 Å². The van der Waals surface area contributed by atoms with Crippen molar-refractivity contribution in [2.45, 2.75) is 12.8 Å². The highest BCUT2D eigenvalue weighted by atomic mass is 32.1. The van der Waals surface area contributed by atoms with Crippen LogP contribution in [0, 0.1) is 0 Å². The van der Waals surface area contributed by atoms with E-state index in [0.29, 0.717) is 17.0 Å². The number of hydrogen-bond acceptors (Lipinski definition) is 4. The lowest BCUT2D eigenvalue weighted by molar-refractivity contribution is -0.116. The van der Waals surface area contributed by atoms with Gasteiger partial charge in [0.1, 0.15) is 16.3 Å². The number of rotatable bonds is 7. The zero-order valence-corrected chi connectivity index (χ0v) is 15.6. The van der Waals surface area contributed by atoms with E-state index in [1.54, 1.807) is 12.5 Å². The molecule has 27 heavy (non-hydrogen) atoms. The summed E-state index contributed by atoms with van der Waals surface area (Å²) in [6, 6.07) is 16.8. The number of carbonyl (C=O) groups is 2. The zero-order chi connectivity index (χ0) is 19.2. The van der Waals surface area contributed by atoms with E-state index in [0.717, 1.165) is 16.9 Å². The molecule has 0 bridgehead atoms. The average molecular weight is 381 g/mol. The van der Waals surface area contributed by atoms with Crippen LogP contribution in [0.2, 0.25) is 0 Å². The minimum Gasteiger partial charge on any atom is -0.497 e. The number of aryl methyl sites for hydroxylation is 1. The first kappa shape index (κ1) is 18.7. The topological polar surface area (TPSA) is 75.6 Å². The fourth-order valence-corrected chi connectivity index (χ4v) is 3.71. The van der Waals surface area contributed by atoms with E-state index in [9.17, 15) is 14.7 Å². The second kappa shape index (κ2) is 8.51. The molecule has 0 atom stereocenters. The van der Waals surface area contributed by atoms with E-state index < -0.39 is 5.97 Å². The molecule has 0 saturated heterocycles. The smallest absolute Gasteiger partial charge is 0.339 e. The average Bonchev–Trinajstić information content (AvgIpc) is 3.11. The normalized spacial score (nSPS) is 10.4. The predicted octanol–water partition coefficient (Wildman–Crippen LogP) is 4.69. The first-order valence-corrected chi connectivity index (χ1v) is 9.29. The van der Waals surface area contributed by atoms with Gasteiger partial charge >= 0.3 is 5.97 Å². The summed E-state index contributed by atoms with van der Waals surface area (Å²) in [5, 5.41) is 14.5. The summed E-state index contributed by atoms with van der Waals surface area (Å²) in [6.07, 6.45) is 0.832. The van der Waals surface area contributed by atoms with Gasteiger partial charge in [-0.15, -0.1) is 11.3 Å². The minimum absolute atomic E-state index is 0.129. The van der Waals surface area contributed by atoms with Gasteiger partial charge in [0.15, 0.2) is 0 Å². The maximum atomic E-state index is 12.3. The third kappa shape index (κ3) is 4.54.